The van der Waals surface area contributed by atoms with Crippen LogP contribution in [0.2, 0.25) is 0 Å². The molecule has 1 saturated heterocycles. The molecule has 1 aromatic carbocycles. The summed E-state index contributed by atoms with van der Waals surface area (Å²) in [6.45, 7) is 4.26. The molecular formula is C17H21NO2S. The van der Waals surface area contributed by atoms with Crippen LogP contribution < -0.4 is 14.8 Å². The largest absolute Gasteiger partial charge is 0.493 e. The Bertz CT molecular complexity index is 623. The molecule has 2 atom stereocenters. The van der Waals surface area contributed by atoms with Crippen LogP contribution in [0, 0.1) is 6.92 Å². The average Bonchev–Trinajstić information content (AvgIpc) is 3.14. The molecule has 0 radical (unpaired) electrons. The monoisotopic (exact) mass is 303 g/mol. The van der Waals surface area contributed by atoms with Crippen LogP contribution in [-0.2, 0) is 0 Å². The lowest BCUT2D eigenvalue weighted by Crippen LogP contribution is -2.09. The molecule has 1 aliphatic heterocycles. The number of aryl methyl sites for hydroxylation is 1. The standard InChI is InChI=1S/C17H21NO2S/c1-11-6-7-21-17(11)14-10-18-9-13(14)12-4-5-15(19-2)16(8-12)20-3/h4-8,13-14,18H,9-10H2,1-3H3. The molecule has 3 nitrogen and oxygen atoms in total. The van der Waals surface area contributed by atoms with Crippen LogP contribution in [-0.4, -0.2) is 27.3 Å². The quantitative estimate of drug-likeness (QED) is 0.937. The predicted molar refractivity (Wildman–Crippen MR) is 87.0 cm³/mol. The summed E-state index contributed by atoms with van der Waals surface area (Å²) in [6, 6.07) is 8.50. The van der Waals surface area contributed by atoms with Crippen molar-refractivity contribution in [3.8, 4) is 11.5 Å². The van der Waals surface area contributed by atoms with Gasteiger partial charge in [-0.3, -0.25) is 0 Å². The summed E-state index contributed by atoms with van der Waals surface area (Å²) in [7, 11) is 3.36. The van der Waals surface area contributed by atoms with Crippen LogP contribution in [0.3, 0.4) is 0 Å². The second kappa shape index (κ2) is 6.08. The van der Waals surface area contributed by atoms with Gasteiger partial charge in [0.25, 0.3) is 0 Å². The lowest BCUT2D eigenvalue weighted by molar-refractivity contribution is 0.354. The fourth-order valence-electron chi connectivity index (χ4n) is 3.15. The van der Waals surface area contributed by atoms with Crippen LogP contribution in [0.4, 0.5) is 0 Å². The normalized spacial score (nSPS) is 21.5. The van der Waals surface area contributed by atoms with Gasteiger partial charge in [0.05, 0.1) is 14.2 Å². The Labute approximate surface area is 129 Å². The predicted octanol–water partition coefficient (Wildman–Crippen LogP) is 3.54. The minimum Gasteiger partial charge on any atom is -0.493 e. The topological polar surface area (TPSA) is 30.5 Å². The van der Waals surface area contributed by atoms with E-state index in [-0.39, 0.29) is 0 Å². The molecule has 0 amide bonds. The maximum atomic E-state index is 5.44. The van der Waals surface area contributed by atoms with Gasteiger partial charge in [-0.2, -0.15) is 0 Å². The Morgan fingerprint density at radius 3 is 2.48 bits per heavy atom. The van der Waals surface area contributed by atoms with E-state index < -0.39 is 0 Å². The summed E-state index contributed by atoms with van der Waals surface area (Å²) in [4.78, 5) is 1.50. The number of nitrogens with one attached hydrogen (secondary N) is 1. The van der Waals surface area contributed by atoms with Gasteiger partial charge in [-0.15, -0.1) is 11.3 Å². The minimum atomic E-state index is 0.488. The van der Waals surface area contributed by atoms with Gasteiger partial charge < -0.3 is 14.8 Å². The van der Waals surface area contributed by atoms with Crippen LogP contribution in [0.1, 0.15) is 27.8 Å². The van der Waals surface area contributed by atoms with Crippen molar-refractivity contribution < 1.29 is 9.47 Å². The fraction of sp³-hybridized carbons (Fsp3) is 0.412. The van der Waals surface area contributed by atoms with Crippen molar-refractivity contribution in [1.82, 2.24) is 5.32 Å². The number of hydrogen-bond donors (Lipinski definition) is 1. The molecule has 0 spiro atoms. The molecule has 21 heavy (non-hydrogen) atoms. The zero-order chi connectivity index (χ0) is 14.8. The second-order valence-corrected chi connectivity index (χ2v) is 6.40. The van der Waals surface area contributed by atoms with Crippen molar-refractivity contribution in [2.45, 2.75) is 18.8 Å². The molecule has 1 N–H and O–H groups in total. The first-order chi connectivity index (χ1) is 10.2. The minimum absolute atomic E-state index is 0.488. The Balaban J connectivity index is 1.94. The molecule has 1 aliphatic rings. The number of hydrogen-bond acceptors (Lipinski definition) is 4. The third-order valence-corrected chi connectivity index (χ3v) is 5.44. The molecule has 112 valence electrons. The summed E-state index contributed by atoms with van der Waals surface area (Å²) in [5.41, 5.74) is 2.72. The maximum Gasteiger partial charge on any atom is 0.160 e. The van der Waals surface area contributed by atoms with Crippen molar-refractivity contribution in [2.24, 2.45) is 0 Å². The van der Waals surface area contributed by atoms with Gasteiger partial charge >= 0.3 is 0 Å². The Morgan fingerprint density at radius 1 is 1.05 bits per heavy atom. The van der Waals surface area contributed by atoms with Crippen molar-refractivity contribution in [1.29, 1.82) is 0 Å². The highest BCUT2D eigenvalue weighted by Crippen LogP contribution is 2.41. The van der Waals surface area contributed by atoms with Crippen LogP contribution in [0.25, 0.3) is 0 Å². The van der Waals surface area contributed by atoms with E-state index >= 15 is 0 Å². The first kappa shape index (κ1) is 14.4. The number of benzene rings is 1. The van der Waals surface area contributed by atoms with E-state index in [1.165, 1.54) is 16.0 Å². The van der Waals surface area contributed by atoms with E-state index in [9.17, 15) is 0 Å². The molecular weight excluding hydrogens is 282 g/mol. The zero-order valence-electron chi connectivity index (χ0n) is 12.7. The summed E-state index contributed by atoms with van der Waals surface area (Å²) in [6.07, 6.45) is 0. The van der Waals surface area contributed by atoms with Gasteiger partial charge in [0.1, 0.15) is 0 Å². The maximum absolute atomic E-state index is 5.44. The fourth-order valence-corrected chi connectivity index (χ4v) is 4.25. The summed E-state index contributed by atoms with van der Waals surface area (Å²) in [5.74, 6) is 2.63. The SMILES string of the molecule is COc1ccc(C2CNCC2c2sccc2C)cc1OC. The molecule has 3 rings (SSSR count). The van der Waals surface area contributed by atoms with E-state index in [2.05, 4.69) is 35.8 Å². The molecule has 0 bridgehead atoms. The Morgan fingerprint density at radius 2 is 1.81 bits per heavy atom. The van der Waals surface area contributed by atoms with E-state index in [0.29, 0.717) is 11.8 Å². The highest BCUT2D eigenvalue weighted by atomic mass is 32.1. The second-order valence-electron chi connectivity index (χ2n) is 5.45. The van der Waals surface area contributed by atoms with Crippen LogP contribution in [0.15, 0.2) is 29.6 Å². The molecule has 2 heterocycles. The van der Waals surface area contributed by atoms with Crippen molar-refractivity contribution >= 4 is 11.3 Å². The van der Waals surface area contributed by atoms with E-state index in [4.69, 9.17) is 9.47 Å². The van der Waals surface area contributed by atoms with Crippen molar-refractivity contribution in [3.05, 3.63) is 45.6 Å². The molecule has 0 saturated carbocycles. The number of rotatable bonds is 4. The third-order valence-electron chi connectivity index (χ3n) is 4.29. The first-order valence-electron chi connectivity index (χ1n) is 7.21. The summed E-state index contributed by atoms with van der Waals surface area (Å²) >= 11 is 1.87. The summed E-state index contributed by atoms with van der Waals surface area (Å²) < 4.78 is 10.8. The molecule has 2 unspecified atom stereocenters. The van der Waals surface area contributed by atoms with Crippen LogP contribution >= 0.6 is 11.3 Å². The van der Waals surface area contributed by atoms with Gasteiger partial charge in [0.15, 0.2) is 11.5 Å². The Kier molecular flexibility index (Phi) is 4.17. The first-order valence-corrected chi connectivity index (χ1v) is 8.09. The van der Waals surface area contributed by atoms with Gasteiger partial charge in [0.2, 0.25) is 0 Å². The molecule has 4 heteroatoms. The number of methoxy groups -OCH3 is 2. The van der Waals surface area contributed by atoms with Crippen LogP contribution in [0.5, 0.6) is 11.5 Å². The van der Waals surface area contributed by atoms with Gasteiger partial charge in [-0.25, -0.2) is 0 Å². The Hall–Kier alpha value is -1.52. The third kappa shape index (κ3) is 2.65. The number of thiophene rings is 1. The molecule has 0 aliphatic carbocycles. The lowest BCUT2D eigenvalue weighted by atomic mass is 9.86. The number of ether oxygens (including phenoxy) is 2. The average molecular weight is 303 g/mol. The van der Waals surface area contributed by atoms with Gasteiger partial charge in [-0.05, 0) is 41.6 Å². The van der Waals surface area contributed by atoms with E-state index in [1.54, 1.807) is 14.2 Å². The van der Waals surface area contributed by atoms with Crippen molar-refractivity contribution in [2.75, 3.05) is 27.3 Å². The molecule has 1 fully saturated rings. The summed E-state index contributed by atoms with van der Waals surface area (Å²) in [5, 5.41) is 5.73. The van der Waals surface area contributed by atoms with Gasteiger partial charge in [0, 0.05) is 29.8 Å². The smallest absolute Gasteiger partial charge is 0.160 e. The molecule has 1 aromatic heterocycles. The van der Waals surface area contributed by atoms with Gasteiger partial charge in [-0.1, -0.05) is 6.07 Å². The van der Waals surface area contributed by atoms with Crippen molar-refractivity contribution in [3.63, 3.8) is 0 Å². The van der Waals surface area contributed by atoms with E-state index in [1.807, 2.05) is 17.4 Å². The zero-order valence-corrected chi connectivity index (χ0v) is 13.5. The lowest BCUT2D eigenvalue weighted by Gasteiger charge is -2.20. The highest BCUT2D eigenvalue weighted by Gasteiger charge is 2.31. The molecule has 2 aromatic rings. The highest BCUT2D eigenvalue weighted by molar-refractivity contribution is 7.10. The van der Waals surface area contributed by atoms with E-state index in [0.717, 1.165) is 24.6 Å².